The molecule has 2 nitrogen and oxygen atoms in total. The van der Waals surface area contributed by atoms with E-state index < -0.39 is 0 Å². The molecule has 0 saturated heterocycles. The molecule has 1 rings (SSSR count). The van der Waals surface area contributed by atoms with Crippen molar-refractivity contribution in [2.45, 2.75) is 39.2 Å². The second-order valence-electron chi connectivity index (χ2n) is 5.07. The van der Waals surface area contributed by atoms with E-state index in [0.29, 0.717) is 6.42 Å². The first-order chi connectivity index (χ1) is 7.49. The molecule has 0 bridgehead atoms. The minimum atomic E-state index is 0.135. The van der Waals surface area contributed by atoms with E-state index in [1.54, 1.807) is 0 Å². The van der Waals surface area contributed by atoms with Crippen molar-refractivity contribution in [3.63, 3.8) is 0 Å². The summed E-state index contributed by atoms with van der Waals surface area (Å²) in [5.74, 6) is 0.233. The molecule has 0 fully saturated rings. The number of ketones is 1. The molecule has 1 aromatic carbocycles. The van der Waals surface area contributed by atoms with E-state index in [9.17, 15) is 4.79 Å². The molecule has 0 saturated carbocycles. The maximum atomic E-state index is 11.7. The number of rotatable bonds is 5. The number of hydrogen-bond acceptors (Lipinski definition) is 2. The van der Waals surface area contributed by atoms with Crippen LogP contribution in [-0.2, 0) is 0 Å². The maximum Gasteiger partial charge on any atom is 0.162 e. The summed E-state index contributed by atoms with van der Waals surface area (Å²) in [6, 6.07) is 9.48. The highest BCUT2D eigenvalue weighted by Gasteiger charge is 2.09. The lowest BCUT2D eigenvalue weighted by molar-refractivity contribution is 0.0979. The van der Waals surface area contributed by atoms with Gasteiger partial charge in [-0.2, -0.15) is 0 Å². The van der Waals surface area contributed by atoms with Crippen molar-refractivity contribution >= 4 is 5.78 Å². The summed E-state index contributed by atoms with van der Waals surface area (Å²) < 4.78 is 0. The van der Waals surface area contributed by atoms with Gasteiger partial charge in [0.15, 0.2) is 5.78 Å². The second kappa shape index (κ2) is 5.80. The summed E-state index contributed by atoms with van der Waals surface area (Å²) >= 11 is 0. The summed E-state index contributed by atoms with van der Waals surface area (Å²) in [6.45, 7) is 7.28. The number of benzene rings is 1. The fourth-order valence-corrected chi connectivity index (χ4v) is 1.48. The van der Waals surface area contributed by atoms with Gasteiger partial charge in [0.25, 0.3) is 0 Å². The smallest absolute Gasteiger partial charge is 0.162 e. The van der Waals surface area contributed by atoms with Gasteiger partial charge in [-0.3, -0.25) is 4.79 Å². The van der Waals surface area contributed by atoms with Crippen molar-refractivity contribution in [3.05, 3.63) is 35.9 Å². The van der Waals surface area contributed by atoms with Crippen molar-refractivity contribution in [2.24, 2.45) is 0 Å². The number of carbonyl (C=O) groups excluding carboxylic acids is 1. The Bertz CT molecular complexity index is 324. The third-order valence-corrected chi connectivity index (χ3v) is 2.33. The molecular formula is C14H21NO. The van der Waals surface area contributed by atoms with E-state index >= 15 is 0 Å². The highest BCUT2D eigenvalue weighted by atomic mass is 16.1. The quantitative estimate of drug-likeness (QED) is 0.609. The molecule has 0 atom stereocenters. The normalized spacial score (nSPS) is 11.4. The average molecular weight is 219 g/mol. The Morgan fingerprint density at radius 2 is 1.81 bits per heavy atom. The highest BCUT2D eigenvalue weighted by molar-refractivity contribution is 5.95. The fraction of sp³-hybridized carbons (Fsp3) is 0.500. The van der Waals surface area contributed by atoms with Crippen molar-refractivity contribution in [1.29, 1.82) is 0 Å². The Morgan fingerprint density at radius 3 is 2.38 bits per heavy atom. The van der Waals surface area contributed by atoms with Crippen LogP contribution in [0.15, 0.2) is 30.3 Å². The third kappa shape index (κ3) is 5.08. The first-order valence-electron chi connectivity index (χ1n) is 5.82. The number of Topliss-reactive ketones (excluding diaryl/α,β-unsaturated/α-hetero) is 1. The molecule has 0 aliphatic rings. The van der Waals surface area contributed by atoms with Gasteiger partial charge in [0.1, 0.15) is 0 Å². The van der Waals surface area contributed by atoms with Crippen LogP contribution in [0.1, 0.15) is 44.0 Å². The molecule has 0 heterocycles. The molecular weight excluding hydrogens is 198 g/mol. The lowest BCUT2D eigenvalue weighted by Gasteiger charge is -2.20. The van der Waals surface area contributed by atoms with Crippen LogP contribution in [0.5, 0.6) is 0 Å². The van der Waals surface area contributed by atoms with Gasteiger partial charge in [-0.25, -0.2) is 0 Å². The van der Waals surface area contributed by atoms with Crippen LogP contribution in [0.2, 0.25) is 0 Å². The molecule has 0 aromatic heterocycles. The zero-order chi connectivity index (χ0) is 12.0. The maximum absolute atomic E-state index is 11.7. The predicted molar refractivity (Wildman–Crippen MR) is 67.8 cm³/mol. The average Bonchev–Trinajstić information content (AvgIpc) is 2.24. The van der Waals surface area contributed by atoms with E-state index in [4.69, 9.17) is 0 Å². The van der Waals surface area contributed by atoms with Crippen LogP contribution in [0.25, 0.3) is 0 Å². The Morgan fingerprint density at radius 1 is 1.19 bits per heavy atom. The van der Waals surface area contributed by atoms with Gasteiger partial charge in [0.05, 0.1) is 0 Å². The van der Waals surface area contributed by atoms with E-state index in [-0.39, 0.29) is 11.3 Å². The van der Waals surface area contributed by atoms with Crippen LogP contribution in [-0.4, -0.2) is 17.9 Å². The van der Waals surface area contributed by atoms with Crippen LogP contribution in [0.4, 0.5) is 0 Å². The molecule has 1 N–H and O–H groups in total. The van der Waals surface area contributed by atoms with Gasteiger partial charge in [-0.1, -0.05) is 30.3 Å². The van der Waals surface area contributed by atoms with Crippen LogP contribution in [0.3, 0.4) is 0 Å². The van der Waals surface area contributed by atoms with Gasteiger partial charge in [-0.15, -0.1) is 0 Å². The number of nitrogens with one attached hydrogen (secondary N) is 1. The summed E-state index contributed by atoms with van der Waals surface area (Å²) in [4.78, 5) is 11.7. The monoisotopic (exact) mass is 219 g/mol. The topological polar surface area (TPSA) is 29.1 Å². The molecule has 16 heavy (non-hydrogen) atoms. The van der Waals surface area contributed by atoms with Crippen LogP contribution < -0.4 is 5.32 Å². The highest BCUT2D eigenvalue weighted by Crippen LogP contribution is 2.05. The van der Waals surface area contributed by atoms with Crippen molar-refractivity contribution in [3.8, 4) is 0 Å². The molecule has 1 aromatic rings. The van der Waals surface area contributed by atoms with Gasteiger partial charge in [-0.05, 0) is 33.7 Å². The Kier molecular flexibility index (Phi) is 4.69. The van der Waals surface area contributed by atoms with Crippen LogP contribution in [0, 0.1) is 0 Å². The van der Waals surface area contributed by atoms with Gasteiger partial charge in [0.2, 0.25) is 0 Å². The van der Waals surface area contributed by atoms with Gasteiger partial charge < -0.3 is 5.32 Å². The first-order valence-corrected chi connectivity index (χ1v) is 5.82. The zero-order valence-electron chi connectivity index (χ0n) is 10.4. The Hall–Kier alpha value is -1.15. The van der Waals surface area contributed by atoms with E-state index in [1.165, 1.54) is 0 Å². The largest absolute Gasteiger partial charge is 0.312 e. The molecule has 0 amide bonds. The van der Waals surface area contributed by atoms with Crippen molar-refractivity contribution < 1.29 is 4.79 Å². The lowest BCUT2D eigenvalue weighted by Crippen LogP contribution is -2.36. The Labute approximate surface area is 98.1 Å². The summed E-state index contributed by atoms with van der Waals surface area (Å²) in [7, 11) is 0. The molecule has 0 unspecified atom stereocenters. The lowest BCUT2D eigenvalue weighted by atomic mass is 10.1. The standard InChI is InChI=1S/C14H21NO/c1-14(2,3)15-11-7-10-13(16)12-8-5-4-6-9-12/h4-6,8-9,15H,7,10-11H2,1-3H3. The molecule has 0 aliphatic heterocycles. The second-order valence-corrected chi connectivity index (χ2v) is 5.07. The van der Waals surface area contributed by atoms with E-state index in [2.05, 4.69) is 26.1 Å². The van der Waals surface area contributed by atoms with Gasteiger partial charge >= 0.3 is 0 Å². The molecule has 0 spiro atoms. The number of hydrogen-bond donors (Lipinski definition) is 1. The summed E-state index contributed by atoms with van der Waals surface area (Å²) in [5.41, 5.74) is 0.953. The molecule has 88 valence electrons. The fourth-order valence-electron chi connectivity index (χ4n) is 1.48. The van der Waals surface area contributed by atoms with Crippen molar-refractivity contribution in [1.82, 2.24) is 5.32 Å². The van der Waals surface area contributed by atoms with Crippen molar-refractivity contribution in [2.75, 3.05) is 6.54 Å². The van der Waals surface area contributed by atoms with Crippen LogP contribution >= 0.6 is 0 Å². The summed E-state index contributed by atoms with van der Waals surface area (Å²) in [5, 5.41) is 3.38. The SMILES string of the molecule is CC(C)(C)NCCCC(=O)c1ccccc1. The minimum Gasteiger partial charge on any atom is -0.312 e. The zero-order valence-corrected chi connectivity index (χ0v) is 10.4. The first kappa shape index (κ1) is 12.9. The third-order valence-electron chi connectivity index (χ3n) is 2.33. The molecule has 2 heteroatoms. The van der Waals surface area contributed by atoms with E-state index in [0.717, 1.165) is 18.5 Å². The predicted octanol–water partition coefficient (Wildman–Crippen LogP) is 3.04. The van der Waals surface area contributed by atoms with Gasteiger partial charge in [0, 0.05) is 17.5 Å². The number of carbonyl (C=O) groups is 1. The molecule has 0 radical (unpaired) electrons. The molecule has 0 aliphatic carbocycles. The summed E-state index contributed by atoms with van der Waals surface area (Å²) in [6.07, 6.45) is 1.51. The van der Waals surface area contributed by atoms with E-state index in [1.807, 2.05) is 30.3 Å². The Balaban J connectivity index is 2.27. The minimum absolute atomic E-state index is 0.135.